The summed E-state index contributed by atoms with van der Waals surface area (Å²) in [5.74, 6) is 1.06. The maximum absolute atomic E-state index is 4.67. The molecule has 1 fully saturated rings. The number of hydrogen-bond acceptors (Lipinski definition) is 2. The summed E-state index contributed by atoms with van der Waals surface area (Å²) >= 11 is 0. The number of aryl methyl sites for hydroxylation is 1. The molecule has 0 bridgehead atoms. The molecule has 84 valence electrons. The topological polar surface area (TPSA) is 40.7 Å². The van der Waals surface area contributed by atoms with Gasteiger partial charge in [-0.1, -0.05) is 19.1 Å². The van der Waals surface area contributed by atoms with E-state index < -0.39 is 0 Å². The summed E-state index contributed by atoms with van der Waals surface area (Å²) in [5, 5.41) is 3.48. The first-order valence-electron chi connectivity index (χ1n) is 6.06. The molecule has 0 atom stereocenters. The van der Waals surface area contributed by atoms with Gasteiger partial charge in [0.2, 0.25) is 0 Å². The number of imidazole rings is 1. The Morgan fingerprint density at radius 1 is 1.44 bits per heavy atom. The van der Waals surface area contributed by atoms with Crippen molar-refractivity contribution < 1.29 is 0 Å². The molecule has 0 unspecified atom stereocenters. The molecular formula is C13H17N3. The van der Waals surface area contributed by atoms with Crippen LogP contribution in [0.3, 0.4) is 0 Å². The Balaban J connectivity index is 1.88. The van der Waals surface area contributed by atoms with Crippen molar-refractivity contribution in [1.29, 1.82) is 0 Å². The fourth-order valence-corrected chi connectivity index (χ4v) is 2.04. The van der Waals surface area contributed by atoms with Crippen LogP contribution in [0.5, 0.6) is 0 Å². The molecule has 1 aliphatic carbocycles. The van der Waals surface area contributed by atoms with Gasteiger partial charge in [-0.25, -0.2) is 4.98 Å². The molecule has 0 amide bonds. The maximum Gasteiger partial charge on any atom is 0.121 e. The van der Waals surface area contributed by atoms with Crippen LogP contribution >= 0.6 is 0 Å². The van der Waals surface area contributed by atoms with Crippen molar-refractivity contribution in [1.82, 2.24) is 15.3 Å². The van der Waals surface area contributed by atoms with E-state index in [1.165, 1.54) is 18.4 Å². The monoisotopic (exact) mass is 215 g/mol. The van der Waals surface area contributed by atoms with Crippen molar-refractivity contribution in [2.75, 3.05) is 0 Å². The number of rotatable bonds is 4. The number of nitrogens with one attached hydrogen (secondary N) is 2. The number of aromatic amines is 1. The highest BCUT2D eigenvalue weighted by Crippen LogP contribution is 2.20. The van der Waals surface area contributed by atoms with Gasteiger partial charge in [0.1, 0.15) is 5.82 Å². The quantitative estimate of drug-likeness (QED) is 0.822. The zero-order valence-electron chi connectivity index (χ0n) is 9.59. The molecule has 3 rings (SSSR count). The Morgan fingerprint density at radius 3 is 3.06 bits per heavy atom. The molecule has 1 aromatic heterocycles. The van der Waals surface area contributed by atoms with Crippen molar-refractivity contribution in [3.63, 3.8) is 0 Å². The van der Waals surface area contributed by atoms with Crippen LogP contribution in [-0.4, -0.2) is 16.0 Å². The molecule has 1 aromatic carbocycles. The van der Waals surface area contributed by atoms with Crippen LogP contribution < -0.4 is 5.32 Å². The van der Waals surface area contributed by atoms with E-state index >= 15 is 0 Å². The highest BCUT2D eigenvalue weighted by molar-refractivity contribution is 5.78. The zero-order valence-corrected chi connectivity index (χ0v) is 9.59. The average Bonchev–Trinajstić information content (AvgIpc) is 3.04. The molecule has 0 radical (unpaired) electrons. The largest absolute Gasteiger partial charge is 0.341 e. The van der Waals surface area contributed by atoms with Gasteiger partial charge in [0.15, 0.2) is 0 Å². The molecule has 0 aliphatic heterocycles. The average molecular weight is 215 g/mol. The Kier molecular flexibility index (Phi) is 2.40. The van der Waals surface area contributed by atoms with Gasteiger partial charge in [-0.3, -0.25) is 0 Å². The Hall–Kier alpha value is -1.35. The van der Waals surface area contributed by atoms with Gasteiger partial charge >= 0.3 is 0 Å². The first kappa shape index (κ1) is 9.85. The summed E-state index contributed by atoms with van der Waals surface area (Å²) in [7, 11) is 0. The molecule has 1 saturated carbocycles. The smallest absolute Gasteiger partial charge is 0.121 e. The van der Waals surface area contributed by atoms with Gasteiger partial charge in [-0.15, -0.1) is 0 Å². The molecule has 3 nitrogen and oxygen atoms in total. The van der Waals surface area contributed by atoms with Crippen LogP contribution in [0.2, 0.25) is 0 Å². The summed E-state index contributed by atoms with van der Waals surface area (Å²) < 4.78 is 0. The summed E-state index contributed by atoms with van der Waals surface area (Å²) in [6.45, 7) is 3.04. The Labute approximate surface area is 95.3 Å². The fourth-order valence-electron chi connectivity index (χ4n) is 2.04. The number of benzene rings is 1. The van der Waals surface area contributed by atoms with Gasteiger partial charge in [0, 0.05) is 6.04 Å². The van der Waals surface area contributed by atoms with Gasteiger partial charge < -0.3 is 10.3 Å². The molecule has 0 spiro atoms. The van der Waals surface area contributed by atoms with E-state index in [1.807, 2.05) is 0 Å². The van der Waals surface area contributed by atoms with E-state index in [9.17, 15) is 0 Å². The lowest BCUT2D eigenvalue weighted by Crippen LogP contribution is -2.16. The molecule has 1 heterocycles. The second-order valence-corrected chi connectivity index (χ2v) is 4.51. The number of para-hydroxylation sites is 1. The summed E-state index contributed by atoms with van der Waals surface area (Å²) in [5.41, 5.74) is 3.62. The second-order valence-electron chi connectivity index (χ2n) is 4.51. The van der Waals surface area contributed by atoms with E-state index in [0.717, 1.165) is 35.9 Å². The minimum Gasteiger partial charge on any atom is -0.341 e. The molecule has 2 aromatic rings. The predicted molar refractivity (Wildman–Crippen MR) is 65.3 cm³/mol. The highest BCUT2D eigenvalue weighted by atomic mass is 15.0. The highest BCUT2D eigenvalue weighted by Gasteiger charge is 2.20. The third-order valence-corrected chi connectivity index (χ3v) is 3.16. The first-order valence-corrected chi connectivity index (χ1v) is 6.06. The molecule has 0 saturated heterocycles. The standard InChI is InChI=1S/C13H17N3/c1-2-9-4-3-5-11-13(9)16-12(15-11)8-14-10-6-7-10/h3-5,10,14H,2,6-8H2,1H3,(H,15,16). The minimum absolute atomic E-state index is 0.735. The Morgan fingerprint density at radius 2 is 2.31 bits per heavy atom. The number of nitrogens with zero attached hydrogens (tertiary/aromatic N) is 1. The van der Waals surface area contributed by atoms with Crippen molar-refractivity contribution in [3.05, 3.63) is 29.6 Å². The van der Waals surface area contributed by atoms with Gasteiger partial charge in [0.05, 0.1) is 17.6 Å². The van der Waals surface area contributed by atoms with Crippen LogP contribution in [0.25, 0.3) is 11.0 Å². The van der Waals surface area contributed by atoms with E-state index in [2.05, 4.69) is 40.4 Å². The van der Waals surface area contributed by atoms with E-state index in [-0.39, 0.29) is 0 Å². The van der Waals surface area contributed by atoms with E-state index in [4.69, 9.17) is 0 Å². The SMILES string of the molecule is CCc1cccc2[nH]c(CNC3CC3)nc12. The summed E-state index contributed by atoms with van der Waals surface area (Å²) in [6.07, 6.45) is 3.68. The lowest BCUT2D eigenvalue weighted by atomic mass is 10.1. The Bertz CT molecular complexity index is 497. The van der Waals surface area contributed by atoms with Gasteiger partial charge in [-0.05, 0) is 30.9 Å². The van der Waals surface area contributed by atoms with Crippen LogP contribution in [0.1, 0.15) is 31.2 Å². The normalized spacial score (nSPS) is 15.8. The molecular weight excluding hydrogens is 198 g/mol. The van der Waals surface area contributed by atoms with Crippen molar-refractivity contribution in [2.45, 2.75) is 38.8 Å². The van der Waals surface area contributed by atoms with Crippen LogP contribution in [-0.2, 0) is 13.0 Å². The lowest BCUT2D eigenvalue weighted by Gasteiger charge is -1.97. The predicted octanol–water partition coefficient (Wildman–Crippen LogP) is 2.38. The number of fused-ring (bicyclic) bond motifs is 1. The van der Waals surface area contributed by atoms with Crippen LogP contribution in [0.15, 0.2) is 18.2 Å². The number of aromatic nitrogens is 2. The molecule has 3 heteroatoms. The van der Waals surface area contributed by atoms with Crippen molar-refractivity contribution in [2.24, 2.45) is 0 Å². The number of hydrogen-bond donors (Lipinski definition) is 2. The van der Waals surface area contributed by atoms with Crippen LogP contribution in [0, 0.1) is 0 Å². The maximum atomic E-state index is 4.67. The lowest BCUT2D eigenvalue weighted by molar-refractivity contribution is 0.665. The van der Waals surface area contributed by atoms with Crippen LogP contribution in [0.4, 0.5) is 0 Å². The third kappa shape index (κ3) is 1.83. The number of H-pyrrole nitrogens is 1. The van der Waals surface area contributed by atoms with Gasteiger partial charge in [0.25, 0.3) is 0 Å². The van der Waals surface area contributed by atoms with E-state index in [0.29, 0.717) is 0 Å². The fraction of sp³-hybridized carbons (Fsp3) is 0.462. The first-order chi connectivity index (χ1) is 7.86. The van der Waals surface area contributed by atoms with Crippen molar-refractivity contribution >= 4 is 11.0 Å². The van der Waals surface area contributed by atoms with Gasteiger partial charge in [-0.2, -0.15) is 0 Å². The molecule has 1 aliphatic rings. The summed E-state index contributed by atoms with van der Waals surface area (Å²) in [4.78, 5) is 8.04. The second kappa shape index (κ2) is 3.91. The zero-order chi connectivity index (χ0) is 11.0. The van der Waals surface area contributed by atoms with E-state index in [1.54, 1.807) is 0 Å². The van der Waals surface area contributed by atoms with Crippen molar-refractivity contribution in [3.8, 4) is 0 Å². The minimum atomic E-state index is 0.735. The summed E-state index contributed by atoms with van der Waals surface area (Å²) in [6, 6.07) is 7.08. The molecule has 2 N–H and O–H groups in total. The third-order valence-electron chi connectivity index (χ3n) is 3.16. The molecule has 16 heavy (non-hydrogen) atoms.